The Morgan fingerprint density at radius 3 is 2.94 bits per heavy atom. The first kappa shape index (κ1) is 14.5. The van der Waals surface area contributed by atoms with Crippen LogP contribution in [0.3, 0.4) is 0 Å². The molecule has 0 saturated heterocycles. The lowest BCUT2D eigenvalue weighted by molar-refractivity contribution is 0.0933. The zero-order valence-corrected chi connectivity index (χ0v) is 12.3. The van der Waals surface area contributed by atoms with E-state index in [0.29, 0.717) is 24.6 Å². The number of carbonyl (C=O) groups excluding carboxylic acids is 1. The number of halogens is 1. The fourth-order valence-corrected chi connectivity index (χ4v) is 2.02. The first-order valence-electron chi connectivity index (χ1n) is 5.30. The Labute approximate surface area is 115 Å². The van der Waals surface area contributed by atoms with E-state index < -0.39 is 0 Å². The summed E-state index contributed by atoms with van der Waals surface area (Å²) in [7, 11) is 1.65. The second kappa shape index (κ2) is 7.03. The summed E-state index contributed by atoms with van der Waals surface area (Å²) in [6, 6.07) is 5.39. The molecule has 1 amide bonds. The van der Waals surface area contributed by atoms with Crippen molar-refractivity contribution in [2.75, 3.05) is 20.3 Å². The van der Waals surface area contributed by atoms with Crippen LogP contribution in [0.15, 0.2) is 27.6 Å². The van der Waals surface area contributed by atoms with Gasteiger partial charge in [0.1, 0.15) is 0 Å². The van der Waals surface area contributed by atoms with Crippen molar-refractivity contribution >= 4 is 34.5 Å². The highest BCUT2D eigenvalue weighted by Crippen LogP contribution is 2.20. The highest BCUT2D eigenvalue weighted by atomic mass is 79.9. The Morgan fingerprint density at radius 1 is 1.59 bits per heavy atom. The number of carbonyl (C=O) groups is 1. The standard InChI is InChI=1S/C12H16BrNO2S/c1-8(7-16-2)6-14-12(15)10-5-9(17)3-4-11(10)13/h3-5,8,17H,6-7H2,1-2H3,(H,14,15). The quantitative estimate of drug-likeness (QED) is 0.820. The van der Waals surface area contributed by atoms with Gasteiger partial charge in [-0.1, -0.05) is 6.92 Å². The molecule has 0 spiro atoms. The summed E-state index contributed by atoms with van der Waals surface area (Å²) >= 11 is 7.57. The second-order valence-electron chi connectivity index (χ2n) is 3.93. The van der Waals surface area contributed by atoms with E-state index in [1.54, 1.807) is 13.2 Å². The summed E-state index contributed by atoms with van der Waals surface area (Å²) in [6.45, 7) is 3.25. The van der Waals surface area contributed by atoms with E-state index in [9.17, 15) is 4.79 Å². The van der Waals surface area contributed by atoms with Crippen LogP contribution in [-0.4, -0.2) is 26.2 Å². The van der Waals surface area contributed by atoms with E-state index in [0.717, 1.165) is 9.37 Å². The maximum atomic E-state index is 11.9. The molecule has 1 unspecified atom stereocenters. The van der Waals surface area contributed by atoms with Crippen molar-refractivity contribution in [3.05, 3.63) is 28.2 Å². The molecule has 0 aliphatic carbocycles. The van der Waals surface area contributed by atoms with Crippen molar-refractivity contribution in [3.63, 3.8) is 0 Å². The Bertz CT molecular complexity index is 398. The number of hydrogen-bond acceptors (Lipinski definition) is 3. The molecule has 94 valence electrons. The van der Waals surface area contributed by atoms with Crippen LogP contribution < -0.4 is 5.32 Å². The molecule has 0 radical (unpaired) electrons. The molecule has 0 bridgehead atoms. The Hall–Kier alpha value is -0.520. The van der Waals surface area contributed by atoms with E-state index in [-0.39, 0.29) is 5.91 Å². The van der Waals surface area contributed by atoms with Crippen LogP contribution in [-0.2, 0) is 4.74 Å². The summed E-state index contributed by atoms with van der Waals surface area (Å²) < 4.78 is 5.78. The van der Waals surface area contributed by atoms with Crippen molar-refractivity contribution in [2.45, 2.75) is 11.8 Å². The van der Waals surface area contributed by atoms with Gasteiger partial charge in [-0.15, -0.1) is 12.6 Å². The van der Waals surface area contributed by atoms with Gasteiger partial charge in [0.25, 0.3) is 5.91 Å². The third-order valence-corrected chi connectivity index (χ3v) is 3.23. The van der Waals surface area contributed by atoms with Gasteiger partial charge in [-0.05, 0) is 40.0 Å². The third-order valence-electron chi connectivity index (χ3n) is 2.26. The average Bonchev–Trinajstić information content (AvgIpc) is 2.29. The minimum Gasteiger partial charge on any atom is -0.384 e. The van der Waals surface area contributed by atoms with E-state index in [4.69, 9.17) is 4.74 Å². The van der Waals surface area contributed by atoms with Crippen LogP contribution in [0.4, 0.5) is 0 Å². The zero-order valence-electron chi connectivity index (χ0n) is 9.87. The smallest absolute Gasteiger partial charge is 0.252 e. The first-order valence-corrected chi connectivity index (χ1v) is 6.54. The summed E-state index contributed by atoms with van der Waals surface area (Å²) in [4.78, 5) is 12.7. The number of benzene rings is 1. The lowest BCUT2D eigenvalue weighted by atomic mass is 10.1. The van der Waals surface area contributed by atoms with Crippen molar-refractivity contribution < 1.29 is 9.53 Å². The summed E-state index contributed by atoms with van der Waals surface area (Å²) in [5, 5.41) is 2.87. The highest BCUT2D eigenvalue weighted by Gasteiger charge is 2.11. The maximum absolute atomic E-state index is 11.9. The monoisotopic (exact) mass is 317 g/mol. The van der Waals surface area contributed by atoms with Gasteiger partial charge in [0.05, 0.1) is 12.2 Å². The molecule has 0 heterocycles. The first-order chi connectivity index (χ1) is 8.04. The van der Waals surface area contributed by atoms with Crippen LogP contribution in [0, 0.1) is 5.92 Å². The van der Waals surface area contributed by atoms with Gasteiger partial charge in [0.15, 0.2) is 0 Å². The summed E-state index contributed by atoms with van der Waals surface area (Å²) in [5.74, 6) is 0.192. The van der Waals surface area contributed by atoms with Gasteiger partial charge in [-0.2, -0.15) is 0 Å². The molecule has 0 aliphatic rings. The topological polar surface area (TPSA) is 38.3 Å². The lowest BCUT2D eigenvalue weighted by Gasteiger charge is -2.12. The van der Waals surface area contributed by atoms with E-state index in [1.165, 1.54) is 0 Å². The molecule has 17 heavy (non-hydrogen) atoms. The fourth-order valence-electron chi connectivity index (χ4n) is 1.39. The van der Waals surface area contributed by atoms with Crippen molar-refractivity contribution in [1.82, 2.24) is 5.32 Å². The van der Waals surface area contributed by atoms with Crippen molar-refractivity contribution in [3.8, 4) is 0 Å². The molecule has 0 fully saturated rings. The SMILES string of the molecule is COCC(C)CNC(=O)c1cc(S)ccc1Br. The summed E-state index contributed by atoms with van der Waals surface area (Å²) in [6.07, 6.45) is 0. The average molecular weight is 318 g/mol. The molecule has 0 saturated carbocycles. The molecule has 1 aromatic rings. The number of methoxy groups -OCH3 is 1. The van der Waals surface area contributed by atoms with Crippen LogP contribution in [0.2, 0.25) is 0 Å². The molecule has 5 heteroatoms. The molecule has 1 N–H and O–H groups in total. The van der Waals surface area contributed by atoms with E-state index in [1.807, 2.05) is 19.1 Å². The molecule has 1 aromatic carbocycles. The van der Waals surface area contributed by atoms with Crippen molar-refractivity contribution in [1.29, 1.82) is 0 Å². The number of nitrogens with one attached hydrogen (secondary N) is 1. The molecule has 3 nitrogen and oxygen atoms in total. The minimum atomic E-state index is -0.101. The van der Waals surface area contributed by atoms with Gasteiger partial charge in [0, 0.05) is 23.0 Å². The summed E-state index contributed by atoms with van der Waals surface area (Å²) in [5.41, 5.74) is 0.599. The predicted molar refractivity (Wildman–Crippen MR) is 74.8 cm³/mol. The predicted octanol–water partition coefficient (Wildman–Crippen LogP) is 2.75. The molecule has 1 atom stereocenters. The van der Waals surface area contributed by atoms with Crippen LogP contribution in [0.5, 0.6) is 0 Å². The second-order valence-corrected chi connectivity index (χ2v) is 5.31. The number of thiol groups is 1. The normalized spacial score (nSPS) is 12.2. The maximum Gasteiger partial charge on any atom is 0.252 e. The van der Waals surface area contributed by atoms with Gasteiger partial charge in [0.2, 0.25) is 0 Å². The van der Waals surface area contributed by atoms with E-state index >= 15 is 0 Å². The highest BCUT2D eigenvalue weighted by molar-refractivity contribution is 9.10. The Morgan fingerprint density at radius 2 is 2.29 bits per heavy atom. The minimum absolute atomic E-state index is 0.101. The zero-order chi connectivity index (χ0) is 12.8. The molecule has 0 aromatic heterocycles. The van der Waals surface area contributed by atoms with Crippen LogP contribution in [0.1, 0.15) is 17.3 Å². The fraction of sp³-hybridized carbons (Fsp3) is 0.417. The number of ether oxygens (including phenoxy) is 1. The van der Waals surface area contributed by atoms with Crippen LogP contribution in [0.25, 0.3) is 0 Å². The Balaban J connectivity index is 2.61. The molecular weight excluding hydrogens is 302 g/mol. The van der Waals surface area contributed by atoms with Gasteiger partial charge < -0.3 is 10.1 Å². The van der Waals surface area contributed by atoms with Gasteiger partial charge in [-0.3, -0.25) is 4.79 Å². The van der Waals surface area contributed by atoms with Crippen molar-refractivity contribution in [2.24, 2.45) is 5.92 Å². The molecule has 1 rings (SSSR count). The third kappa shape index (κ3) is 4.69. The number of rotatable bonds is 5. The number of hydrogen-bond donors (Lipinski definition) is 2. The largest absolute Gasteiger partial charge is 0.384 e. The van der Waals surface area contributed by atoms with Gasteiger partial charge in [-0.25, -0.2) is 0 Å². The van der Waals surface area contributed by atoms with E-state index in [2.05, 4.69) is 33.9 Å². The number of amides is 1. The van der Waals surface area contributed by atoms with Gasteiger partial charge >= 0.3 is 0 Å². The molecule has 0 aliphatic heterocycles. The molecular formula is C12H16BrNO2S. The lowest BCUT2D eigenvalue weighted by Crippen LogP contribution is -2.30. The van der Waals surface area contributed by atoms with Crippen LogP contribution >= 0.6 is 28.6 Å². The Kier molecular flexibility index (Phi) is 6.02.